The molecule has 3 rings (SSSR count). The van der Waals surface area contributed by atoms with Crippen molar-refractivity contribution >= 4 is 23.0 Å². The second-order valence-electron chi connectivity index (χ2n) is 4.86. The van der Waals surface area contributed by atoms with Gasteiger partial charge in [-0.05, 0) is 24.3 Å². The Morgan fingerprint density at radius 1 is 0.957 bits per heavy atom. The molecular weight excluding hydrogens is 308 g/mol. The largest absolute Gasteiger partial charge is 0.346 e. The quantitative estimate of drug-likeness (QED) is 0.733. The number of amides is 1. The molecular formula is C18H14N2O2S. The molecule has 2 aromatic heterocycles. The minimum atomic E-state index is -0.227. The average Bonchev–Trinajstić information content (AvgIpc) is 3.09. The maximum Gasteiger partial charge on any atom is 0.270 e. The zero-order chi connectivity index (χ0) is 16.1. The average molecular weight is 322 g/mol. The van der Waals surface area contributed by atoms with Gasteiger partial charge in [0.1, 0.15) is 5.69 Å². The molecule has 23 heavy (non-hydrogen) atoms. The van der Waals surface area contributed by atoms with Crippen LogP contribution in [-0.2, 0) is 6.54 Å². The summed E-state index contributed by atoms with van der Waals surface area (Å²) in [6, 6.07) is 18.0. The van der Waals surface area contributed by atoms with Crippen LogP contribution in [0.1, 0.15) is 30.6 Å². The van der Waals surface area contributed by atoms with Gasteiger partial charge < -0.3 is 5.32 Å². The Balaban J connectivity index is 1.64. The Labute approximate surface area is 137 Å². The number of nitrogens with one attached hydrogen (secondary N) is 1. The van der Waals surface area contributed by atoms with Crippen molar-refractivity contribution in [3.63, 3.8) is 0 Å². The molecule has 1 aromatic carbocycles. The number of nitrogens with zero attached hydrogens (tertiary/aromatic N) is 1. The van der Waals surface area contributed by atoms with Gasteiger partial charge in [0.05, 0.1) is 11.4 Å². The molecule has 0 aliphatic carbocycles. The summed E-state index contributed by atoms with van der Waals surface area (Å²) in [5, 5.41) is 2.80. The Bertz CT molecular complexity index is 813. The van der Waals surface area contributed by atoms with E-state index in [2.05, 4.69) is 10.3 Å². The SMILES string of the molecule is O=C(NCc1ccc(C(=O)c2ccccc2)s1)c1ccccn1. The lowest BCUT2D eigenvalue weighted by Gasteiger charge is -2.02. The number of ketones is 1. The number of hydrogen-bond acceptors (Lipinski definition) is 4. The van der Waals surface area contributed by atoms with Crippen molar-refractivity contribution in [3.05, 3.63) is 87.9 Å². The first-order chi connectivity index (χ1) is 11.2. The van der Waals surface area contributed by atoms with E-state index in [9.17, 15) is 9.59 Å². The van der Waals surface area contributed by atoms with Crippen molar-refractivity contribution in [2.24, 2.45) is 0 Å². The van der Waals surface area contributed by atoms with Gasteiger partial charge in [-0.2, -0.15) is 0 Å². The van der Waals surface area contributed by atoms with Crippen LogP contribution in [0.2, 0.25) is 0 Å². The monoisotopic (exact) mass is 322 g/mol. The van der Waals surface area contributed by atoms with Crippen molar-refractivity contribution in [3.8, 4) is 0 Å². The molecule has 0 saturated carbocycles. The maximum atomic E-state index is 12.3. The Morgan fingerprint density at radius 2 is 1.74 bits per heavy atom. The fourth-order valence-electron chi connectivity index (χ4n) is 2.08. The van der Waals surface area contributed by atoms with Crippen molar-refractivity contribution in [2.75, 3.05) is 0 Å². The number of benzene rings is 1. The van der Waals surface area contributed by atoms with Crippen LogP contribution in [-0.4, -0.2) is 16.7 Å². The molecule has 0 fully saturated rings. The number of carbonyl (C=O) groups excluding carboxylic acids is 2. The van der Waals surface area contributed by atoms with Gasteiger partial charge in [-0.3, -0.25) is 14.6 Å². The molecule has 1 N–H and O–H groups in total. The van der Waals surface area contributed by atoms with Gasteiger partial charge in [0.2, 0.25) is 5.78 Å². The standard InChI is InChI=1S/C18H14N2O2S/c21-17(13-6-2-1-3-7-13)16-10-9-14(23-16)12-20-18(22)15-8-4-5-11-19-15/h1-11H,12H2,(H,20,22). The van der Waals surface area contributed by atoms with Gasteiger partial charge in [0, 0.05) is 16.6 Å². The van der Waals surface area contributed by atoms with Crippen LogP contribution in [0.15, 0.2) is 66.9 Å². The first kappa shape index (κ1) is 15.1. The van der Waals surface area contributed by atoms with E-state index in [1.165, 1.54) is 11.3 Å². The minimum absolute atomic E-state index is 0.00194. The van der Waals surface area contributed by atoms with Crippen molar-refractivity contribution in [1.82, 2.24) is 10.3 Å². The Morgan fingerprint density at radius 3 is 2.48 bits per heavy atom. The molecule has 2 heterocycles. The number of rotatable bonds is 5. The van der Waals surface area contributed by atoms with Crippen LogP contribution >= 0.6 is 11.3 Å². The summed E-state index contributed by atoms with van der Waals surface area (Å²) in [6.07, 6.45) is 1.58. The number of aromatic nitrogens is 1. The normalized spacial score (nSPS) is 10.3. The van der Waals surface area contributed by atoms with Gasteiger partial charge in [-0.1, -0.05) is 36.4 Å². The van der Waals surface area contributed by atoms with Crippen LogP contribution in [0, 0.1) is 0 Å². The lowest BCUT2D eigenvalue weighted by atomic mass is 10.1. The number of thiophene rings is 1. The molecule has 0 aliphatic heterocycles. The summed E-state index contributed by atoms with van der Waals surface area (Å²) in [7, 11) is 0. The second-order valence-corrected chi connectivity index (χ2v) is 6.03. The summed E-state index contributed by atoms with van der Waals surface area (Å²) in [4.78, 5) is 29.9. The molecule has 0 aliphatic rings. The van der Waals surface area contributed by atoms with E-state index in [1.807, 2.05) is 24.3 Å². The van der Waals surface area contributed by atoms with Gasteiger partial charge >= 0.3 is 0 Å². The highest BCUT2D eigenvalue weighted by Gasteiger charge is 2.12. The molecule has 0 atom stereocenters. The predicted molar refractivity (Wildman–Crippen MR) is 89.6 cm³/mol. The van der Waals surface area contributed by atoms with Gasteiger partial charge in [0.25, 0.3) is 5.91 Å². The number of pyridine rings is 1. The third-order valence-corrected chi connectivity index (χ3v) is 4.33. The number of carbonyl (C=O) groups is 2. The topological polar surface area (TPSA) is 59.1 Å². The summed E-state index contributed by atoms with van der Waals surface area (Å²) < 4.78 is 0. The summed E-state index contributed by atoms with van der Waals surface area (Å²) in [5.41, 5.74) is 1.04. The van der Waals surface area contributed by atoms with Gasteiger partial charge in [0.15, 0.2) is 0 Å². The van der Waals surface area contributed by atoms with E-state index < -0.39 is 0 Å². The summed E-state index contributed by atoms with van der Waals surface area (Å²) in [5.74, 6) is -0.229. The number of hydrogen-bond donors (Lipinski definition) is 1. The van der Waals surface area contributed by atoms with E-state index in [0.29, 0.717) is 22.7 Å². The smallest absolute Gasteiger partial charge is 0.270 e. The highest BCUT2D eigenvalue weighted by Crippen LogP contribution is 2.20. The summed E-state index contributed by atoms with van der Waals surface area (Å²) in [6.45, 7) is 0.377. The molecule has 5 heteroatoms. The Kier molecular flexibility index (Phi) is 4.59. The summed E-state index contributed by atoms with van der Waals surface area (Å²) >= 11 is 1.39. The lowest BCUT2D eigenvalue weighted by Crippen LogP contribution is -2.23. The molecule has 0 saturated heterocycles. The molecule has 1 amide bonds. The van der Waals surface area contributed by atoms with Gasteiger partial charge in [-0.15, -0.1) is 11.3 Å². The predicted octanol–water partition coefficient (Wildman–Crippen LogP) is 3.30. The Hall–Kier alpha value is -2.79. The lowest BCUT2D eigenvalue weighted by molar-refractivity contribution is 0.0945. The van der Waals surface area contributed by atoms with E-state index in [0.717, 1.165) is 4.88 Å². The first-order valence-corrected chi connectivity index (χ1v) is 7.93. The third kappa shape index (κ3) is 3.70. The first-order valence-electron chi connectivity index (χ1n) is 7.12. The van der Waals surface area contributed by atoms with Crippen LogP contribution < -0.4 is 5.32 Å². The third-order valence-electron chi connectivity index (χ3n) is 3.24. The van der Waals surface area contributed by atoms with E-state index >= 15 is 0 Å². The molecule has 4 nitrogen and oxygen atoms in total. The zero-order valence-corrected chi connectivity index (χ0v) is 13.0. The van der Waals surface area contributed by atoms with Crippen molar-refractivity contribution in [1.29, 1.82) is 0 Å². The fraction of sp³-hybridized carbons (Fsp3) is 0.0556. The fourth-order valence-corrected chi connectivity index (χ4v) is 2.99. The maximum absolute atomic E-state index is 12.3. The van der Waals surface area contributed by atoms with E-state index in [1.54, 1.807) is 42.6 Å². The molecule has 0 unspecified atom stereocenters. The van der Waals surface area contributed by atoms with Crippen LogP contribution in [0.4, 0.5) is 0 Å². The molecule has 114 valence electrons. The van der Waals surface area contributed by atoms with E-state index in [-0.39, 0.29) is 11.7 Å². The molecule has 0 bridgehead atoms. The van der Waals surface area contributed by atoms with Crippen LogP contribution in [0.3, 0.4) is 0 Å². The highest BCUT2D eigenvalue weighted by atomic mass is 32.1. The second kappa shape index (κ2) is 6.98. The van der Waals surface area contributed by atoms with Crippen LogP contribution in [0.25, 0.3) is 0 Å². The minimum Gasteiger partial charge on any atom is -0.346 e. The van der Waals surface area contributed by atoms with E-state index in [4.69, 9.17) is 0 Å². The highest BCUT2D eigenvalue weighted by molar-refractivity contribution is 7.14. The van der Waals surface area contributed by atoms with Crippen molar-refractivity contribution in [2.45, 2.75) is 6.54 Å². The van der Waals surface area contributed by atoms with Gasteiger partial charge in [-0.25, -0.2) is 0 Å². The molecule has 3 aromatic rings. The zero-order valence-electron chi connectivity index (χ0n) is 12.2. The molecule has 0 spiro atoms. The van der Waals surface area contributed by atoms with Crippen molar-refractivity contribution < 1.29 is 9.59 Å². The van der Waals surface area contributed by atoms with Crippen LogP contribution in [0.5, 0.6) is 0 Å². The molecule has 0 radical (unpaired) electrons.